The van der Waals surface area contributed by atoms with Gasteiger partial charge in [-0.2, -0.15) is 0 Å². The molecule has 2 rings (SSSR count). The molecule has 0 radical (unpaired) electrons. The summed E-state index contributed by atoms with van der Waals surface area (Å²) in [6, 6.07) is 17.5. The molecule has 0 fully saturated rings. The second-order valence-electron chi connectivity index (χ2n) is 6.15. The molecule has 2 aromatic carbocycles. The van der Waals surface area contributed by atoms with Crippen molar-refractivity contribution >= 4 is 0 Å². The minimum Gasteiger partial charge on any atom is -0.309 e. The van der Waals surface area contributed by atoms with Crippen LogP contribution >= 0.6 is 0 Å². The van der Waals surface area contributed by atoms with E-state index in [4.69, 9.17) is 0 Å². The molecule has 2 heteroatoms. The smallest absolute Gasteiger partial charge is 0.123 e. The van der Waals surface area contributed by atoms with Crippen LogP contribution in [0.3, 0.4) is 0 Å². The van der Waals surface area contributed by atoms with Crippen molar-refractivity contribution in [2.24, 2.45) is 0 Å². The third-order valence-corrected chi connectivity index (χ3v) is 4.00. The average molecular weight is 285 g/mol. The maximum Gasteiger partial charge on any atom is 0.123 e. The van der Waals surface area contributed by atoms with Crippen LogP contribution in [-0.2, 0) is 5.41 Å². The van der Waals surface area contributed by atoms with E-state index < -0.39 is 0 Å². The Balaban J connectivity index is 2.06. The molecule has 2 aromatic rings. The molecule has 0 aliphatic carbocycles. The molecule has 21 heavy (non-hydrogen) atoms. The molecule has 0 saturated carbocycles. The van der Waals surface area contributed by atoms with Gasteiger partial charge in [-0.05, 0) is 29.7 Å². The van der Waals surface area contributed by atoms with Gasteiger partial charge in [0.25, 0.3) is 0 Å². The fourth-order valence-corrected chi connectivity index (χ4v) is 2.59. The van der Waals surface area contributed by atoms with Crippen molar-refractivity contribution in [1.82, 2.24) is 5.32 Å². The molecular weight excluding hydrogens is 261 g/mol. The number of nitrogens with one attached hydrogen (secondary N) is 1. The Morgan fingerprint density at radius 3 is 2.38 bits per heavy atom. The molecule has 112 valence electrons. The lowest BCUT2D eigenvalue weighted by atomic mass is 9.84. The van der Waals surface area contributed by atoms with Crippen molar-refractivity contribution < 1.29 is 4.39 Å². The summed E-state index contributed by atoms with van der Waals surface area (Å²) in [5.74, 6) is -0.171. The van der Waals surface area contributed by atoms with E-state index in [-0.39, 0.29) is 17.3 Å². The van der Waals surface area contributed by atoms with Gasteiger partial charge in [0.05, 0.1) is 0 Å². The fraction of sp³-hybridized carbons (Fsp3) is 0.368. The summed E-state index contributed by atoms with van der Waals surface area (Å²) in [7, 11) is 0. The van der Waals surface area contributed by atoms with Crippen molar-refractivity contribution in [3.63, 3.8) is 0 Å². The molecule has 0 aliphatic rings. The second-order valence-corrected chi connectivity index (χ2v) is 6.15. The Kier molecular flexibility index (Phi) is 5.13. The SMILES string of the molecule is CCC(NCC(C)(C)c1ccccc1)c1cccc(F)c1. The summed E-state index contributed by atoms with van der Waals surface area (Å²) in [5.41, 5.74) is 2.37. The molecular formula is C19H24FN. The number of hydrogen-bond donors (Lipinski definition) is 1. The van der Waals surface area contributed by atoms with E-state index in [9.17, 15) is 4.39 Å². The molecule has 1 N–H and O–H groups in total. The molecule has 1 nitrogen and oxygen atoms in total. The highest BCUT2D eigenvalue weighted by Gasteiger charge is 2.21. The largest absolute Gasteiger partial charge is 0.309 e. The summed E-state index contributed by atoms with van der Waals surface area (Å²) >= 11 is 0. The van der Waals surface area contributed by atoms with Crippen LogP contribution in [0.1, 0.15) is 44.4 Å². The first-order valence-corrected chi connectivity index (χ1v) is 7.57. The van der Waals surface area contributed by atoms with E-state index >= 15 is 0 Å². The Morgan fingerprint density at radius 2 is 1.76 bits per heavy atom. The van der Waals surface area contributed by atoms with Crippen molar-refractivity contribution in [3.8, 4) is 0 Å². The summed E-state index contributed by atoms with van der Waals surface area (Å²) in [5, 5.41) is 3.59. The first kappa shape index (κ1) is 15.7. The Labute approximate surface area is 127 Å². The summed E-state index contributed by atoms with van der Waals surface area (Å²) in [6.45, 7) is 7.44. The Bertz CT molecular complexity index is 563. The van der Waals surface area contributed by atoms with Crippen LogP contribution < -0.4 is 5.32 Å². The monoisotopic (exact) mass is 285 g/mol. The van der Waals surface area contributed by atoms with E-state index in [2.05, 4.69) is 50.4 Å². The lowest BCUT2D eigenvalue weighted by molar-refractivity contribution is 0.415. The van der Waals surface area contributed by atoms with E-state index in [0.29, 0.717) is 0 Å². The van der Waals surface area contributed by atoms with Crippen molar-refractivity contribution in [3.05, 3.63) is 71.5 Å². The normalized spacial score (nSPS) is 13.1. The highest BCUT2D eigenvalue weighted by Crippen LogP contribution is 2.24. The van der Waals surface area contributed by atoms with Gasteiger partial charge in [0, 0.05) is 18.0 Å². The first-order chi connectivity index (χ1) is 10.0. The Hall–Kier alpha value is -1.67. The molecule has 0 amide bonds. The maximum absolute atomic E-state index is 13.4. The summed E-state index contributed by atoms with van der Waals surface area (Å²) in [4.78, 5) is 0. The average Bonchev–Trinajstić information content (AvgIpc) is 2.49. The molecule has 0 saturated heterocycles. The van der Waals surface area contributed by atoms with E-state index in [1.165, 1.54) is 11.6 Å². The number of hydrogen-bond acceptors (Lipinski definition) is 1. The number of rotatable bonds is 6. The molecule has 1 unspecified atom stereocenters. The van der Waals surface area contributed by atoms with Crippen molar-refractivity contribution in [1.29, 1.82) is 0 Å². The molecule has 0 bridgehead atoms. The predicted octanol–water partition coefficient (Wildman–Crippen LogP) is 4.84. The zero-order chi connectivity index (χ0) is 15.3. The van der Waals surface area contributed by atoms with E-state index in [0.717, 1.165) is 18.5 Å². The topological polar surface area (TPSA) is 12.0 Å². The predicted molar refractivity (Wildman–Crippen MR) is 86.9 cm³/mol. The quantitative estimate of drug-likeness (QED) is 0.800. The van der Waals surface area contributed by atoms with Gasteiger partial charge in [0.1, 0.15) is 5.82 Å². The molecule has 0 spiro atoms. The molecule has 0 aromatic heterocycles. The van der Waals surface area contributed by atoms with Crippen LogP contribution in [0.4, 0.5) is 4.39 Å². The van der Waals surface area contributed by atoms with Gasteiger partial charge in [-0.3, -0.25) is 0 Å². The van der Waals surface area contributed by atoms with Crippen LogP contribution in [0.25, 0.3) is 0 Å². The van der Waals surface area contributed by atoms with Crippen LogP contribution in [0.5, 0.6) is 0 Å². The number of halogens is 1. The number of benzene rings is 2. The highest BCUT2D eigenvalue weighted by atomic mass is 19.1. The van der Waals surface area contributed by atoms with E-state index in [1.807, 2.05) is 12.1 Å². The Morgan fingerprint density at radius 1 is 1.05 bits per heavy atom. The second kappa shape index (κ2) is 6.86. The standard InChI is InChI=1S/C19H24FN/c1-4-18(15-9-8-12-17(20)13-15)21-14-19(2,3)16-10-6-5-7-11-16/h5-13,18,21H,4,14H2,1-3H3. The van der Waals surface area contributed by atoms with Crippen molar-refractivity contribution in [2.75, 3.05) is 6.54 Å². The van der Waals surface area contributed by atoms with Crippen LogP contribution in [0.15, 0.2) is 54.6 Å². The van der Waals surface area contributed by atoms with Gasteiger partial charge in [-0.1, -0.05) is 63.2 Å². The fourth-order valence-electron chi connectivity index (χ4n) is 2.59. The van der Waals surface area contributed by atoms with Gasteiger partial charge in [0.2, 0.25) is 0 Å². The zero-order valence-corrected chi connectivity index (χ0v) is 13.1. The highest BCUT2D eigenvalue weighted by molar-refractivity contribution is 5.25. The summed E-state index contributed by atoms with van der Waals surface area (Å²) < 4.78 is 13.4. The molecule has 0 aliphatic heterocycles. The van der Waals surface area contributed by atoms with Gasteiger partial charge < -0.3 is 5.32 Å². The lowest BCUT2D eigenvalue weighted by Crippen LogP contribution is -2.35. The van der Waals surface area contributed by atoms with Crippen LogP contribution in [-0.4, -0.2) is 6.54 Å². The third kappa shape index (κ3) is 4.15. The van der Waals surface area contributed by atoms with Crippen LogP contribution in [0, 0.1) is 5.82 Å². The van der Waals surface area contributed by atoms with Gasteiger partial charge >= 0.3 is 0 Å². The van der Waals surface area contributed by atoms with Gasteiger partial charge in [-0.15, -0.1) is 0 Å². The minimum absolute atomic E-state index is 0.0437. The lowest BCUT2D eigenvalue weighted by Gasteiger charge is -2.29. The summed E-state index contributed by atoms with van der Waals surface area (Å²) in [6.07, 6.45) is 0.939. The first-order valence-electron chi connectivity index (χ1n) is 7.57. The molecule has 1 atom stereocenters. The maximum atomic E-state index is 13.4. The van der Waals surface area contributed by atoms with Gasteiger partial charge in [-0.25, -0.2) is 4.39 Å². The van der Waals surface area contributed by atoms with Gasteiger partial charge in [0.15, 0.2) is 0 Å². The van der Waals surface area contributed by atoms with Crippen molar-refractivity contribution in [2.45, 2.75) is 38.6 Å². The zero-order valence-electron chi connectivity index (χ0n) is 13.1. The van der Waals surface area contributed by atoms with E-state index in [1.54, 1.807) is 12.1 Å². The third-order valence-electron chi connectivity index (χ3n) is 4.00. The van der Waals surface area contributed by atoms with Crippen LogP contribution in [0.2, 0.25) is 0 Å². The molecule has 0 heterocycles. The minimum atomic E-state index is -0.171.